The molecule has 17 nitrogen and oxygen atoms in total. The fraction of sp³-hybridized carbons (Fsp3) is 0.951. The van der Waals surface area contributed by atoms with E-state index < -0.39 is 97.5 Å². The van der Waals surface area contributed by atoms with Crippen LogP contribution >= 0.6 is 15.6 Å². The van der Waals surface area contributed by atoms with Gasteiger partial charge in [-0.1, -0.05) is 375 Å². The summed E-state index contributed by atoms with van der Waals surface area (Å²) in [4.78, 5) is 72.9. The Balaban J connectivity index is 5.18. The van der Waals surface area contributed by atoms with E-state index >= 15 is 0 Å². The Morgan fingerprint density at radius 3 is 0.680 bits per heavy atom. The Labute approximate surface area is 613 Å². The van der Waals surface area contributed by atoms with Gasteiger partial charge in [-0.3, -0.25) is 37.3 Å². The van der Waals surface area contributed by atoms with Crippen molar-refractivity contribution < 1.29 is 80.2 Å². The van der Waals surface area contributed by atoms with Gasteiger partial charge < -0.3 is 33.8 Å². The highest BCUT2D eigenvalue weighted by atomic mass is 31.2. The summed E-state index contributed by atoms with van der Waals surface area (Å²) in [5.41, 5.74) is 0. The summed E-state index contributed by atoms with van der Waals surface area (Å²) in [7, 11) is -9.91. The van der Waals surface area contributed by atoms with Crippen LogP contribution in [0, 0.1) is 11.8 Å². The van der Waals surface area contributed by atoms with Gasteiger partial charge in [0.25, 0.3) is 0 Å². The molecule has 0 heterocycles. The first-order chi connectivity index (χ1) is 48.4. The van der Waals surface area contributed by atoms with Crippen molar-refractivity contribution in [1.29, 1.82) is 0 Å². The SMILES string of the molecule is CCCCCCCCCCCCCCCCCCCCCC(=O)OC[C@H](COP(=O)(O)OC[C@@H](O)COP(=O)(O)OC[C@@H](COC(=O)CCCCCCCCC(C)C)OC(=O)CCCCCCCCCCCCC)OC(=O)CCCCCCCCCCCCCCCCCCCCC(C)C. The molecule has 0 aromatic carbocycles. The highest BCUT2D eigenvalue weighted by Gasteiger charge is 2.30. The number of phosphoric acid groups is 2. The summed E-state index contributed by atoms with van der Waals surface area (Å²) in [6, 6.07) is 0. The Hall–Kier alpha value is -1.94. The summed E-state index contributed by atoms with van der Waals surface area (Å²) < 4.78 is 68.6. The lowest BCUT2D eigenvalue weighted by Gasteiger charge is -2.21. The molecule has 0 aromatic heterocycles. The van der Waals surface area contributed by atoms with E-state index in [0.29, 0.717) is 31.6 Å². The topological polar surface area (TPSA) is 237 Å². The molecule has 0 rings (SSSR count). The number of unbranched alkanes of at least 4 members (excludes halogenated alkanes) is 50. The molecule has 0 bridgehead atoms. The van der Waals surface area contributed by atoms with E-state index in [1.54, 1.807) is 0 Å². The normalized spacial score (nSPS) is 13.9. The number of hydrogen-bond donors (Lipinski definition) is 3. The zero-order chi connectivity index (χ0) is 73.5. The van der Waals surface area contributed by atoms with Crippen LogP contribution in [0.1, 0.15) is 427 Å². The molecule has 0 aliphatic carbocycles. The van der Waals surface area contributed by atoms with Crippen LogP contribution in [0.4, 0.5) is 0 Å². The van der Waals surface area contributed by atoms with Gasteiger partial charge in [-0.2, -0.15) is 0 Å². The lowest BCUT2D eigenvalue weighted by atomic mass is 10.0. The van der Waals surface area contributed by atoms with Crippen molar-refractivity contribution in [3.63, 3.8) is 0 Å². The van der Waals surface area contributed by atoms with Gasteiger partial charge >= 0.3 is 39.5 Å². The molecule has 3 N–H and O–H groups in total. The maximum absolute atomic E-state index is 13.1. The fourth-order valence-electron chi connectivity index (χ4n) is 12.5. The van der Waals surface area contributed by atoms with Crippen molar-refractivity contribution in [3.8, 4) is 0 Å². The van der Waals surface area contributed by atoms with E-state index in [1.807, 2.05) is 0 Å². The number of aliphatic hydroxyl groups excluding tert-OH is 1. The maximum atomic E-state index is 13.1. The standard InChI is InChI=1S/C81H158O17P2/c1-7-9-11-13-15-17-19-20-21-22-23-27-30-33-37-40-44-51-57-63-78(83)91-69-76(97-81(86)66-60-54-46-42-38-34-31-28-25-24-26-29-32-36-39-43-49-55-61-73(3)4)71-95-99(87,88)93-67-75(82)68-94-100(89,90)96-72-77(70-92-79(84)64-58-52-48-47-50-56-62-74(5)6)98-80(85)65-59-53-45-41-35-18-16-14-12-10-8-2/h73-77,82H,7-72H2,1-6H3,(H,87,88)(H,89,90)/t75-,76-,77-/m1/s1. The van der Waals surface area contributed by atoms with Gasteiger partial charge in [0.1, 0.15) is 19.3 Å². The third-order valence-electron chi connectivity index (χ3n) is 19.0. The number of carbonyl (C=O) groups excluding carboxylic acids is 4. The van der Waals surface area contributed by atoms with Crippen molar-refractivity contribution in [2.45, 2.75) is 445 Å². The predicted molar refractivity (Wildman–Crippen MR) is 409 cm³/mol. The molecule has 0 aromatic rings. The fourth-order valence-corrected chi connectivity index (χ4v) is 14.1. The molecule has 19 heteroatoms. The third-order valence-corrected chi connectivity index (χ3v) is 20.9. The lowest BCUT2D eigenvalue weighted by molar-refractivity contribution is -0.161. The molecular formula is C81H158O17P2. The minimum atomic E-state index is -4.96. The molecule has 2 unspecified atom stereocenters. The van der Waals surface area contributed by atoms with Gasteiger partial charge in [0.15, 0.2) is 12.2 Å². The minimum absolute atomic E-state index is 0.106. The number of carbonyl (C=O) groups is 4. The lowest BCUT2D eigenvalue weighted by Crippen LogP contribution is -2.30. The Bertz CT molecular complexity index is 1920. The smallest absolute Gasteiger partial charge is 0.462 e. The molecule has 0 amide bonds. The summed E-state index contributed by atoms with van der Waals surface area (Å²) >= 11 is 0. The zero-order valence-corrected chi connectivity index (χ0v) is 67.3. The van der Waals surface area contributed by atoms with Crippen LogP contribution in [0.5, 0.6) is 0 Å². The van der Waals surface area contributed by atoms with Crippen molar-refractivity contribution in [1.82, 2.24) is 0 Å². The van der Waals surface area contributed by atoms with Gasteiger partial charge in [0.05, 0.1) is 26.4 Å². The van der Waals surface area contributed by atoms with E-state index in [4.69, 9.17) is 37.0 Å². The van der Waals surface area contributed by atoms with E-state index in [9.17, 15) is 43.2 Å². The molecule has 0 fully saturated rings. The molecule has 594 valence electrons. The summed E-state index contributed by atoms with van der Waals surface area (Å²) in [5.74, 6) is -0.612. The molecule has 0 aliphatic rings. The highest BCUT2D eigenvalue weighted by molar-refractivity contribution is 7.47. The molecule has 0 saturated carbocycles. The van der Waals surface area contributed by atoms with Crippen LogP contribution in [0.3, 0.4) is 0 Å². The van der Waals surface area contributed by atoms with Gasteiger partial charge in [-0.05, 0) is 37.5 Å². The second-order valence-electron chi connectivity index (χ2n) is 30.1. The maximum Gasteiger partial charge on any atom is 0.472 e. The van der Waals surface area contributed by atoms with Gasteiger partial charge in [0, 0.05) is 25.7 Å². The quantitative estimate of drug-likeness (QED) is 0.0222. The van der Waals surface area contributed by atoms with E-state index in [1.165, 1.54) is 238 Å². The first-order valence-corrected chi connectivity index (χ1v) is 45.0. The van der Waals surface area contributed by atoms with Crippen LogP contribution in [-0.4, -0.2) is 96.7 Å². The summed E-state index contributed by atoms with van der Waals surface area (Å²) in [5, 5.41) is 10.6. The number of rotatable bonds is 80. The summed E-state index contributed by atoms with van der Waals surface area (Å²) in [6.45, 7) is 9.58. The molecule has 0 radical (unpaired) electrons. The van der Waals surface area contributed by atoms with Crippen LogP contribution in [0.15, 0.2) is 0 Å². The number of hydrogen-bond acceptors (Lipinski definition) is 15. The molecular weight excluding hydrogens is 1310 g/mol. The average Bonchev–Trinajstić information content (AvgIpc) is 0.932. The van der Waals surface area contributed by atoms with Gasteiger partial charge in [-0.25, -0.2) is 9.13 Å². The van der Waals surface area contributed by atoms with E-state index in [0.717, 1.165) is 102 Å². The summed E-state index contributed by atoms with van der Waals surface area (Å²) in [6.07, 6.45) is 62.7. The van der Waals surface area contributed by atoms with E-state index in [-0.39, 0.29) is 25.7 Å². The molecule has 5 atom stereocenters. The molecule has 0 spiro atoms. The zero-order valence-electron chi connectivity index (χ0n) is 65.5. The van der Waals surface area contributed by atoms with Gasteiger partial charge in [0.2, 0.25) is 0 Å². The number of aliphatic hydroxyl groups is 1. The highest BCUT2D eigenvalue weighted by Crippen LogP contribution is 2.45. The molecule has 0 saturated heterocycles. The largest absolute Gasteiger partial charge is 0.472 e. The first-order valence-electron chi connectivity index (χ1n) is 42.0. The number of phosphoric ester groups is 2. The average molecular weight is 1470 g/mol. The second kappa shape index (κ2) is 72.6. The minimum Gasteiger partial charge on any atom is -0.462 e. The molecule has 0 aliphatic heterocycles. The second-order valence-corrected chi connectivity index (χ2v) is 33.0. The van der Waals surface area contributed by atoms with Gasteiger partial charge in [-0.15, -0.1) is 0 Å². The monoisotopic (exact) mass is 1470 g/mol. The van der Waals surface area contributed by atoms with Crippen molar-refractivity contribution in [3.05, 3.63) is 0 Å². The van der Waals surface area contributed by atoms with Crippen LogP contribution in [0.25, 0.3) is 0 Å². The van der Waals surface area contributed by atoms with Crippen molar-refractivity contribution in [2.75, 3.05) is 39.6 Å². The Morgan fingerprint density at radius 1 is 0.270 bits per heavy atom. The van der Waals surface area contributed by atoms with Crippen LogP contribution in [0.2, 0.25) is 0 Å². The van der Waals surface area contributed by atoms with Crippen LogP contribution < -0.4 is 0 Å². The third kappa shape index (κ3) is 74.3. The Kier molecular flexibility index (Phi) is 71.2. The van der Waals surface area contributed by atoms with E-state index in [2.05, 4.69) is 41.5 Å². The Morgan fingerprint density at radius 2 is 0.460 bits per heavy atom. The number of esters is 4. The van der Waals surface area contributed by atoms with Crippen LogP contribution in [-0.2, 0) is 65.4 Å². The predicted octanol–water partition coefficient (Wildman–Crippen LogP) is 24.3. The number of ether oxygens (including phenoxy) is 4. The molecule has 100 heavy (non-hydrogen) atoms. The first kappa shape index (κ1) is 98.1. The van der Waals surface area contributed by atoms with Crippen molar-refractivity contribution >= 4 is 39.5 Å². The van der Waals surface area contributed by atoms with Crippen molar-refractivity contribution in [2.24, 2.45) is 11.8 Å².